The largest absolute Gasteiger partial charge is 0.337 e. The molecule has 3 rings (SSSR count). The van der Waals surface area contributed by atoms with Crippen molar-refractivity contribution in [2.24, 2.45) is 0 Å². The van der Waals surface area contributed by atoms with Crippen LogP contribution >= 0.6 is 0 Å². The topological polar surface area (TPSA) is 59.0 Å². The Balaban J connectivity index is 1.87. The van der Waals surface area contributed by atoms with Gasteiger partial charge in [0.2, 0.25) is 0 Å². The third kappa shape index (κ3) is 3.18. The highest BCUT2D eigenvalue weighted by molar-refractivity contribution is 5.97. The molecule has 1 amide bonds. The van der Waals surface area contributed by atoms with Gasteiger partial charge in [0.1, 0.15) is 0 Å². The van der Waals surface area contributed by atoms with E-state index < -0.39 is 0 Å². The third-order valence-electron chi connectivity index (χ3n) is 3.81. The molecule has 0 bridgehead atoms. The molecule has 0 radical (unpaired) electrons. The summed E-state index contributed by atoms with van der Waals surface area (Å²) in [5.74, 6) is -0.0456. The van der Waals surface area contributed by atoms with E-state index in [1.807, 2.05) is 32.0 Å². The van der Waals surface area contributed by atoms with Crippen LogP contribution in [0.15, 0.2) is 42.7 Å². The summed E-state index contributed by atoms with van der Waals surface area (Å²) in [6, 6.07) is 9.27. The molecule has 5 heteroatoms. The summed E-state index contributed by atoms with van der Waals surface area (Å²) in [5, 5.41) is 0. The van der Waals surface area contributed by atoms with Crippen molar-refractivity contribution in [3.8, 4) is 0 Å². The van der Waals surface area contributed by atoms with E-state index in [1.165, 1.54) is 0 Å². The van der Waals surface area contributed by atoms with Crippen LogP contribution in [0, 0.1) is 13.8 Å². The number of carbonyl (C=O) groups excluding carboxylic acids is 1. The molecule has 1 aromatic carbocycles. The molecule has 2 aromatic heterocycles. The summed E-state index contributed by atoms with van der Waals surface area (Å²) in [6.07, 6.45) is 3.49. The number of hydrogen-bond acceptors (Lipinski definition) is 4. The molecule has 0 fully saturated rings. The lowest BCUT2D eigenvalue weighted by atomic mass is 10.1. The molecule has 0 atom stereocenters. The number of fused-ring (bicyclic) bond motifs is 1. The van der Waals surface area contributed by atoms with Crippen LogP contribution in [0.25, 0.3) is 11.0 Å². The van der Waals surface area contributed by atoms with E-state index in [0.29, 0.717) is 12.1 Å². The highest BCUT2D eigenvalue weighted by Crippen LogP contribution is 2.16. The van der Waals surface area contributed by atoms with E-state index in [2.05, 4.69) is 15.0 Å². The Bertz CT molecular complexity index is 862. The van der Waals surface area contributed by atoms with E-state index in [4.69, 9.17) is 0 Å². The van der Waals surface area contributed by atoms with Crippen molar-refractivity contribution in [2.45, 2.75) is 20.4 Å². The van der Waals surface area contributed by atoms with Crippen molar-refractivity contribution >= 4 is 16.9 Å². The third-order valence-corrected chi connectivity index (χ3v) is 3.81. The monoisotopic (exact) mass is 306 g/mol. The lowest BCUT2D eigenvalue weighted by Gasteiger charge is -2.17. The molecule has 0 aliphatic carbocycles. The first-order valence-electron chi connectivity index (χ1n) is 7.44. The van der Waals surface area contributed by atoms with Crippen LogP contribution in [-0.2, 0) is 6.54 Å². The minimum absolute atomic E-state index is 0.0456. The number of aryl methyl sites for hydroxylation is 2. The number of nitrogens with zero attached hydrogens (tertiary/aromatic N) is 4. The van der Waals surface area contributed by atoms with Crippen molar-refractivity contribution < 1.29 is 4.79 Å². The fourth-order valence-corrected chi connectivity index (χ4v) is 2.42. The minimum Gasteiger partial charge on any atom is -0.337 e. The Morgan fingerprint density at radius 2 is 1.83 bits per heavy atom. The van der Waals surface area contributed by atoms with Crippen LogP contribution in [0.5, 0.6) is 0 Å². The zero-order valence-electron chi connectivity index (χ0n) is 13.4. The molecule has 0 aliphatic rings. The first kappa shape index (κ1) is 15.1. The summed E-state index contributed by atoms with van der Waals surface area (Å²) in [4.78, 5) is 27.4. The average Bonchev–Trinajstić information content (AvgIpc) is 2.55. The summed E-state index contributed by atoms with van der Waals surface area (Å²) in [7, 11) is 1.78. The van der Waals surface area contributed by atoms with Crippen molar-refractivity contribution in [2.75, 3.05) is 7.05 Å². The number of amides is 1. The second kappa shape index (κ2) is 6.12. The molecular weight excluding hydrogens is 288 g/mol. The van der Waals surface area contributed by atoms with Gasteiger partial charge in [-0.3, -0.25) is 9.78 Å². The standard InChI is InChI=1S/C18H18N4O/c1-12-13(2)21-17-9-15(6-7-16(17)20-12)18(23)22(3)11-14-5-4-8-19-10-14/h4-10H,11H2,1-3H3. The van der Waals surface area contributed by atoms with E-state index in [-0.39, 0.29) is 5.91 Å². The van der Waals surface area contributed by atoms with Crippen molar-refractivity contribution in [3.05, 3.63) is 65.2 Å². The maximum absolute atomic E-state index is 12.6. The highest BCUT2D eigenvalue weighted by atomic mass is 16.2. The van der Waals surface area contributed by atoms with E-state index in [1.54, 1.807) is 36.5 Å². The SMILES string of the molecule is Cc1nc2ccc(C(=O)N(C)Cc3cccnc3)cc2nc1C. The first-order valence-corrected chi connectivity index (χ1v) is 7.44. The van der Waals surface area contributed by atoms with Gasteiger partial charge in [0, 0.05) is 31.5 Å². The zero-order chi connectivity index (χ0) is 16.4. The Morgan fingerprint density at radius 1 is 1.09 bits per heavy atom. The van der Waals surface area contributed by atoms with Gasteiger partial charge in [-0.05, 0) is 43.7 Å². The Kier molecular flexibility index (Phi) is 4.02. The van der Waals surface area contributed by atoms with Crippen LogP contribution < -0.4 is 0 Å². The van der Waals surface area contributed by atoms with Crippen molar-refractivity contribution in [3.63, 3.8) is 0 Å². The molecular formula is C18H18N4O. The summed E-state index contributed by atoms with van der Waals surface area (Å²) in [5.41, 5.74) is 4.95. The van der Waals surface area contributed by atoms with Gasteiger partial charge >= 0.3 is 0 Å². The Labute approximate surface area is 135 Å². The second-order valence-electron chi connectivity index (χ2n) is 5.62. The van der Waals surface area contributed by atoms with Gasteiger partial charge in [0.25, 0.3) is 5.91 Å². The Morgan fingerprint density at radius 3 is 2.52 bits per heavy atom. The predicted octanol–water partition coefficient (Wildman–Crippen LogP) is 2.91. The normalized spacial score (nSPS) is 10.7. The number of benzene rings is 1. The van der Waals surface area contributed by atoms with Crippen LogP contribution in [0.1, 0.15) is 27.3 Å². The highest BCUT2D eigenvalue weighted by Gasteiger charge is 2.13. The minimum atomic E-state index is -0.0456. The molecule has 0 saturated carbocycles. The second-order valence-corrected chi connectivity index (χ2v) is 5.62. The van der Waals surface area contributed by atoms with Gasteiger partial charge in [0.15, 0.2) is 0 Å². The van der Waals surface area contributed by atoms with E-state index in [0.717, 1.165) is 28.0 Å². The average molecular weight is 306 g/mol. The van der Waals surface area contributed by atoms with Crippen LogP contribution in [0.3, 0.4) is 0 Å². The number of pyridine rings is 1. The molecule has 0 spiro atoms. The maximum Gasteiger partial charge on any atom is 0.253 e. The molecule has 0 unspecified atom stereocenters. The molecule has 23 heavy (non-hydrogen) atoms. The summed E-state index contributed by atoms with van der Waals surface area (Å²) < 4.78 is 0. The molecule has 2 heterocycles. The molecule has 116 valence electrons. The van der Waals surface area contributed by atoms with Crippen LogP contribution in [-0.4, -0.2) is 32.8 Å². The summed E-state index contributed by atoms with van der Waals surface area (Å²) >= 11 is 0. The van der Waals surface area contributed by atoms with Gasteiger partial charge in [-0.1, -0.05) is 6.07 Å². The van der Waals surface area contributed by atoms with Crippen LogP contribution in [0.2, 0.25) is 0 Å². The van der Waals surface area contributed by atoms with Gasteiger partial charge in [-0.15, -0.1) is 0 Å². The van der Waals surface area contributed by atoms with Gasteiger partial charge in [0.05, 0.1) is 22.4 Å². The fourth-order valence-electron chi connectivity index (χ4n) is 2.42. The molecule has 5 nitrogen and oxygen atoms in total. The number of aromatic nitrogens is 3. The van der Waals surface area contributed by atoms with Crippen molar-refractivity contribution in [1.29, 1.82) is 0 Å². The van der Waals surface area contributed by atoms with E-state index >= 15 is 0 Å². The fraction of sp³-hybridized carbons (Fsp3) is 0.222. The smallest absolute Gasteiger partial charge is 0.253 e. The zero-order valence-corrected chi connectivity index (χ0v) is 13.4. The lowest BCUT2D eigenvalue weighted by Crippen LogP contribution is -2.26. The van der Waals surface area contributed by atoms with Gasteiger partial charge in [-0.2, -0.15) is 0 Å². The first-order chi connectivity index (χ1) is 11.0. The van der Waals surface area contributed by atoms with Gasteiger partial charge in [-0.25, -0.2) is 9.97 Å². The molecule has 0 saturated heterocycles. The van der Waals surface area contributed by atoms with E-state index in [9.17, 15) is 4.79 Å². The van der Waals surface area contributed by atoms with Crippen molar-refractivity contribution in [1.82, 2.24) is 19.9 Å². The number of hydrogen-bond donors (Lipinski definition) is 0. The maximum atomic E-state index is 12.6. The number of carbonyl (C=O) groups is 1. The van der Waals surface area contributed by atoms with Gasteiger partial charge < -0.3 is 4.90 Å². The predicted molar refractivity (Wildman–Crippen MR) is 89.0 cm³/mol. The molecule has 3 aromatic rings. The molecule has 0 N–H and O–H groups in total. The quantitative estimate of drug-likeness (QED) is 0.746. The summed E-state index contributed by atoms with van der Waals surface area (Å²) in [6.45, 7) is 4.37. The van der Waals surface area contributed by atoms with Crippen LogP contribution in [0.4, 0.5) is 0 Å². The lowest BCUT2D eigenvalue weighted by molar-refractivity contribution is 0.0785. The molecule has 0 aliphatic heterocycles. The Hall–Kier alpha value is -2.82. The number of rotatable bonds is 3.